The molecule has 1 aromatic carbocycles. The molecular weight excluding hydrogens is 292 g/mol. The van der Waals surface area contributed by atoms with E-state index in [1.54, 1.807) is 0 Å². The number of hydrogen-bond acceptors (Lipinski definition) is 0. The highest BCUT2D eigenvalue weighted by atomic mass is 79.9. The van der Waals surface area contributed by atoms with Crippen molar-refractivity contribution in [2.45, 2.75) is 6.18 Å². The Hall–Kier alpha value is -0.660. The van der Waals surface area contributed by atoms with Crippen molar-refractivity contribution in [1.82, 2.24) is 0 Å². The lowest BCUT2D eigenvalue weighted by atomic mass is 10.1. The third kappa shape index (κ3) is 3.44. The smallest absolute Gasteiger partial charge is 0.166 e. The zero-order chi connectivity index (χ0) is 11.5. The first-order valence-electron chi connectivity index (χ1n) is 3.86. The van der Waals surface area contributed by atoms with Gasteiger partial charge in [0.1, 0.15) is 0 Å². The molecular formula is C10H5BrClF3. The molecule has 80 valence electrons. The molecule has 0 unspecified atom stereocenters. The van der Waals surface area contributed by atoms with Gasteiger partial charge in [0.15, 0.2) is 0 Å². The molecule has 15 heavy (non-hydrogen) atoms. The lowest BCUT2D eigenvalue weighted by molar-refractivity contribution is -0.137. The topological polar surface area (TPSA) is 0 Å². The van der Waals surface area contributed by atoms with Crippen LogP contribution in [0.3, 0.4) is 0 Å². The molecule has 5 heteroatoms. The summed E-state index contributed by atoms with van der Waals surface area (Å²) in [6, 6.07) is 3.82. The second kappa shape index (κ2) is 4.91. The summed E-state index contributed by atoms with van der Waals surface area (Å²) in [6.07, 6.45) is -4.40. The predicted octanol–water partition coefficient (Wildman–Crippen LogP) is 4.06. The van der Waals surface area contributed by atoms with E-state index >= 15 is 0 Å². The van der Waals surface area contributed by atoms with Gasteiger partial charge >= 0.3 is 6.18 Å². The molecule has 0 fully saturated rings. The first-order valence-corrected chi connectivity index (χ1v) is 5.19. The average Bonchev–Trinajstić information content (AvgIpc) is 2.14. The second-order valence-electron chi connectivity index (χ2n) is 2.62. The van der Waals surface area contributed by atoms with E-state index in [0.29, 0.717) is 4.47 Å². The van der Waals surface area contributed by atoms with Crippen molar-refractivity contribution in [2.75, 3.05) is 5.88 Å². The Morgan fingerprint density at radius 1 is 1.33 bits per heavy atom. The van der Waals surface area contributed by atoms with Crippen LogP contribution in [0.2, 0.25) is 0 Å². The molecule has 0 saturated heterocycles. The third-order valence-electron chi connectivity index (χ3n) is 1.58. The van der Waals surface area contributed by atoms with Crippen LogP contribution in [0.1, 0.15) is 11.1 Å². The fourth-order valence-corrected chi connectivity index (χ4v) is 1.42. The summed E-state index contributed by atoms with van der Waals surface area (Å²) in [5, 5.41) is 0. The van der Waals surface area contributed by atoms with Gasteiger partial charge in [0.25, 0.3) is 0 Å². The Morgan fingerprint density at radius 2 is 2.00 bits per heavy atom. The summed E-state index contributed by atoms with van der Waals surface area (Å²) in [7, 11) is 0. The van der Waals surface area contributed by atoms with Gasteiger partial charge in [-0.15, -0.1) is 11.6 Å². The van der Waals surface area contributed by atoms with Crippen LogP contribution >= 0.6 is 27.5 Å². The molecule has 1 rings (SSSR count). The van der Waals surface area contributed by atoms with E-state index in [2.05, 4.69) is 27.8 Å². The van der Waals surface area contributed by atoms with Gasteiger partial charge in [0.05, 0.1) is 11.4 Å². The average molecular weight is 298 g/mol. The number of benzene rings is 1. The van der Waals surface area contributed by atoms with E-state index in [-0.39, 0.29) is 11.4 Å². The van der Waals surface area contributed by atoms with Gasteiger partial charge in [-0.2, -0.15) is 13.2 Å². The largest absolute Gasteiger partial charge is 0.417 e. The first-order chi connectivity index (χ1) is 6.95. The standard InChI is InChI=1S/C10H5BrClF3/c11-8-4-3-7(2-1-5-12)9(6-8)10(13,14)15/h3-4,6H,5H2. The summed E-state index contributed by atoms with van der Waals surface area (Å²) < 4.78 is 38.0. The molecule has 1 aromatic rings. The summed E-state index contributed by atoms with van der Waals surface area (Å²) in [6.45, 7) is 0. The SMILES string of the molecule is FC(F)(F)c1cc(Br)ccc1C#CCCl. The van der Waals surface area contributed by atoms with E-state index in [0.717, 1.165) is 6.07 Å². The van der Waals surface area contributed by atoms with Crippen molar-refractivity contribution in [2.24, 2.45) is 0 Å². The number of halogens is 5. The number of rotatable bonds is 0. The minimum atomic E-state index is -4.40. The first kappa shape index (κ1) is 12.4. The zero-order valence-electron chi connectivity index (χ0n) is 7.33. The van der Waals surface area contributed by atoms with E-state index in [1.807, 2.05) is 0 Å². The van der Waals surface area contributed by atoms with Crippen LogP contribution in [0.4, 0.5) is 13.2 Å². The van der Waals surface area contributed by atoms with Crippen molar-refractivity contribution in [1.29, 1.82) is 0 Å². The predicted molar refractivity (Wildman–Crippen MR) is 56.7 cm³/mol. The molecule has 0 amide bonds. The molecule has 0 nitrogen and oxygen atoms in total. The van der Waals surface area contributed by atoms with Gasteiger partial charge in [-0.25, -0.2) is 0 Å². The van der Waals surface area contributed by atoms with E-state index < -0.39 is 11.7 Å². The Bertz CT molecular complexity index is 415. The Kier molecular flexibility index (Phi) is 4.06. The minimum Gasteiger partial charge on any atom is -0.166 e. The van der Waals surface area contributed by atoms with Gasteiger partial charge in [-0.05, 0) is 18.2 Å². The Balaban J connectivity index is 3.27. The summed E-state index contributed by atoms with van der Waals surface area (Å²) in [5.41, 5.74) is -0.819. The third-order valence-corrected chi connectivity index (χ3v) is 2.20. The molecule has 0 atom stereocenters. The number of hydrogen-bond donors (Lipinski definition) is 0. The van der Waals surface area contributed by atoms with Gasteiger partial charge in [-0.1, -0.05) is 27.8 Å². The molecule has 0 bridgehead atoms. The van der Waals surface area contributed by atoms with Gasteiger partial charge in [0.2, 0.25) is 0 Å². The minimum absolute atomic E-state index is 0.00730. The highest BCUT2D eigenvalue weighted by Gasteiger charge is 2.33. The quantitative estimate of drug-likeness (QED) is 0.500. The maximum Gasteiger partial charge on any atom is 0.417 e. The highest BCUT2D eigenvalue weighted by molar-refractivity contribution is 9.10. The molecule has 0 aliphatic carbocycles. The van der Waals surface area contributed by atoms with Crippen LogP contribution in [0.5, 0.6) is 0 Å². The van der Waals surface area contributed by atoms with E-state index in [9.17, 15) is 13.2 Å². The lowest BCUT2D eigenvalue weighted by Crippen LogP contribution is -2.07. The molecule has 0 radical (unpaired) electrons. The molecule has 0 spiro atoms. The van der Waals surface area contributed by atoms with Crippen LogP contribution in [0.25, 0.3) is 0 Å². The van der Waals surface area contributed by atoms with Crippen molar-refractivity contribution < 1.29 is 13.2 Å². The normalized spacial score (nSPS) is 10.7. The van der Waals surface area contributed by atoms with Crippen molar-refractivity contribution in [3.8, 4) is 11.8 Å². The number of alkyl halides is 4. The van der Waals surface area contributed by atoms with E-state index in [4.69, 9.17) is 11.6 Å². The summed E-state index contributed by atoms with van der Waals surface area (Å²) >= 11 is 8.27. The molecule has 0 aliphatic heterocycles. The van der Waals surface area contributed by atoms with Gasteiger partial charge < -0.3 is 0 Å². The summed E-state index contributed by atoms with van der Waals surface area (Å²) in [5.74, 6) is 4.78. The molecule has 0 heterocycles. The maximum absolute atomic E-state index is 12.5. The molecule has 0 aromatic heterocycles. The van der Waals surface area contributed by atoms with Crippen LogP contribution in [-0.4, -0.2) is 5.88 Å². The molecule has 0 aliphatic rings. The fourth-order valence-electron chi connectivity index (χ4n) is 0.989. The van der Waals surface area contributed by atoms with Gasteiger partial charge in [0, 0.05) is 10.0 Å². The van der Waals surface area contributed by atoms with Crippen molar-refractivity contribution in [3.05, 3.63) is 33.8 Å². The van der Waals surface area contributed by atoms with Gasteiger partial charge in [-0.3, -0.25) is 0 Å². The molecule has 0 saturated carbocycles. The second-order valence-corrected chi connectivity index (χ2v) is 3.81. The van der Waals surface area contributed by atoms with Crippen molar-refractivity contribution in [3.63, 3.8) is 0 Å². The Labute approximate surface area is 98.6 Å². The summed E-state index contributed by atoms with van der Waals surface area (Å²) in [4.78, 5) is 0. The lowest BCUT2D eigenvalue weighted by Gasteiger charge is -2.09. The van der Waals surface area contributed by atoms with Crippen LogP contribution in [-0.2, 0) is 6.18 Å². The fraction of sp³-hybridized carbons (Fsp3) is 0.200. The zero-order valence-corrected chi connectivity index (χ0v) is 9.67. The monoisotopic (exact) mass is 296 g/mol. The van der Waals surface area contributed by atoms with Crippen molar-refractivity contribution >= 4 is 27.5 Å². The van der Waals surface area contributed by atoms with Crippen LogP contribution in [0.15, 0.2) is 22.7 Å². The maximum atomic E-state index is 12.5. The highest BCUT2D eigenvalue weighted by Crippen LogP contribution is 2.33. The van der Waals surface area contributed by atoms with E-state index in [1.165, 1.54) is 12.1 Å². The molecule has 0 N–H and O–H groups in total. The Morgan fingerprint density at radius 3 is 2.53 bits per heavy atom. The van der Waals surface area contributed by atoms with Crippen LogP contribution < -0.4 is 0 Å². The van der Waals surface area contributed by atoms with Crippen LogP contribution in [0, 0.1) is 11.8 Å².